The Hall–Kier alpha value is -1.55. The Bertz CT molecular complexity index is 494. The van der Waals surface area contributed by atoms with Crippen LogP contribution in [0.1, 0.15) is 57.6 Å². The van der Waals surface area contributed by atoms with Crippen molar-refractivity contribution in [2.75, 3.05) is 19.0 Å². The number of hydrogen-bond acceptors (Lipinski definition) is 3. The lowest BCUT2D eigenvalue weighted by Crippen LogP contribution is -2.43. The Morgan fingerprint density at radius 2 is 1.78 bits per heavy atom. The summed E-state index contributed by atoms with van der Waals surface area (Å²) in [5.41, 5.74) is 2.02. The Balaban J connectivity index is 2.93. The lowest BCUT2D eigenvalue weighted by atomic mass is 9.97. The third-order valence-electron chi connectivity index (χ3n) is 4.03. The summed E-state index contributed by atoms with van der Waals surface area (Å²) in [6.45, 7) is 10.6. The molecule has 0 aromatic heterocycles. The summed E-state index contributed by atoms with van der Waals surface area (Å²) in [5.74, 6) is 0.780. The van der Waals surface area contributed by atoms with Gasteiger partial charge >= 0.3 is 0 Å². The summed E-state index contributed by atoms with van der Waals surface area (Å²) in [4.78, 5) is 12.8. The maximum Gasteiger partial charge on any atom is 0.256 e. The number of rotatable bonds is 9. The summed E-state index contributed by atoms with van der Waals surface area (Å²) in [7, 11) is 1.66. The molecule has 0 radical (unpaired) electrons. The zero-order chi connectivity index (χ0) is 17.5. The van der Waals surface area contributed by atoms with Crippen LogP contribution in [0.25, 0.3) is 0 Å². The molecule has 0 aliphatic carbocycles. The molecule has 1 aromatic carbocycles. The van der Waals surface area contributed by atoms with Crippen LogP contribution >= 0.6 is 0 Å². The van der Waals surface area contributed by atoms with Crippen molar-refractivity contribution in [2.45, 2.75) is 65.9 Å². The molecular weight excluding hydrogens is 290 g/mol. The SMILES string of the molecule is CCCC[C@@](C)(OCCC)C(=O)Nc1cc(C)c(OC)c(C)c1. The number of carbonyl (C=O) groups is 1. The number of nitrogens with one attached hydrogen (secondary N) is 1. The molecule has 1 atom stereocenters. The number of benzene rings is 1. The van der Waals surface area contributed by atoms with Crippen LogP contribution < -0.4 is 10.1 Å². The van der Waals surface area contributed by atoms with Gasteiger partial charge in [-0.15, -0.1) is 0 Å². The first-order valence-electron chi connectivity index (χ1n) is 8.48. The van der Waals surface area contributed by atoms with Crippen molar-refractivity contribution in [2.24, 2.45) is 0 Å². The fraction of sp³-hybridized carbons (Fsp3) is 0.632. The van der Waals surface area contributed by atoms with E-state index in [1.54, 1.807) is 7.11 Å². The monoisotopic (exact) mass is 321 g/mol. The number of anilines is 1. The first-order chi connectivity index (χ1) is 10.9. The zero-order valence-electron chi connectivity index (χ0n) is 15.4. The molecule has 0 heterocycles. The van der Waals surface area contributed by atoms with E-state index in [1.807, 2.05) is 39.8 Å². The van der Waals surface area contributed by atoms with Gasteiger partial charge in [0.05, 0.1) is 7.11 Å². The molecule has 0 spiro atoms. The fourth-order valence-electron chi connectivity index (χ4n) is 2.70. The normalized spacial score (nSPS) is 13.5. The van der Waals surface area contributed by atoms with Crippen molar-refractivity contribution >= 4 is 11.6 Å². The molecule has 0 unspecified atom stereocenters. The Morgan fingerprint density at radius 3 is 2.26 bits per heavy atom. The van der Waals surface area contributed by atoms with E-state index < -0.39 is 5.60 Å². The first kappa shape index (κ1) is 19.5. The molecule has 0 aliphatic rings. The predicted molar refractivity (Wildman–Crippen MR) is 95.3 cm³/mol. The van der Waals surface area contributed by atoms with Gasteiger partial charge in [0.1, 0.15) is 11.4 Å². The first-order valence-corrected chi connectivity index (χ1v) is 8.48. The van der Waals surface area contributed by atoms with Crippen LogP contribution in [0.15, 0.2) is 12.1 Å². The molecule has 4 heteroatoms. The topological polar surface area (TPSA) is 47.6 Å². The van der Waals surface area contributed by atoms with Gasteiger partial charge in [0, 0.05) is 12.3 Å². The standard InChI is InChI=1S/C19H31NO3/c1-7-9-10-19(5,23-11-8-2)18(21)20-16-12-14(3)17(22-6)15(4)13-16/h12-13H,7-11H2,1-6H3,(H,20,21)/t19-/m1/s1. The van der Waals surface area contributed by atoms with E-state index in [-0.39, 0.29) is 5.91 Å². The van der Waals surface area contributed by atoms with Crippen LogP contribution in [-0.4, -0.2) is 25.2 Å². The number of ether oxygens (including phenoxy) is 2. The van der Waals surface area contributed by atoms with Crippen LogP contribution in [0, 0.1) is 13.8 Å². The van der Waals surface area contributed by atoms with Crippen molar-refractivity contribution in [1.29, 1.82) is 0 Å². The van der Waals surface area contributed by atoms with Gasteiger partial charge in [0.15, 0.2) is 0 Å². The molecule has 23 heavy (non-hydrogen) atoms. The van der Waals surface area contributed by atoms with E-state index >= 15 is 0 Å². The highest BCUT2D eigenvalue weighted by Crippen LogP contribution is 2.28. The van der Waals surface area contributed by atoms with Crippen molar-refractivity contribution in [3.8, 4) is 5.75 Å². The average molecular weight is 321 g/mol. The molecule has 1 rings (SSSR count). The van der Waals surface area contributed by atoms with E-state index in [4.69, 9.17) is 9.47 Å². The van der Waals surface area contributed by atoms with Crippen molar-refractivity contribution in [3.63, 3.8) is 0 Å². The van der Waals surface area contributed by atoms with Gasteiger partial charge in [-0.3, -0.25) is 4.79 Å². The number of carbonyl (C=O) groups excluding carboxylic acids is 1. The second kappa shape index (κ2) is 8.92. The maximum absolute atomic E-state index is 12.8. The second-order valence-corrected chi connectivity index (χ2v) is 6.28. The molecule has 1 N–H and O–H groups in total. The Kier molecular flexibility index (Phi) is 7.56. The van der Waals surface area contributed by atoms with Crippen LogP contribution in [0.3, 0.4) is 0 Å². The van der Waals surface area contributed by atoms with Crippen LogP contribution in [0.2, 0.25) is 0 Å². The van der Waals surface area contributed by atoms with Crippen molar-refractivity contribution in [3.05, 3.63) is 23.3 Å². The Morgan fingerprint density at radius 1 is 1.17 bits per heavy atom. The van der Waals surface area contributed by atoms with Crippen molar-refractivity contribution in [1.82, 2.24) is 0 Å². The number of amides is 1. The number of aryl methyl sites for hydroxylation is 2. The second-order valence-electron chi connectivity index (χ2n) is 6.28. The third kappa shape index (κ3) is 5.24. The summed E-state index contributed by atoms with van der Waals surface area (Å²) in [6, 6.07) is 3.87. The van der Waals surface area contributed by atoms with Gasteiger partial charge in [0.25, 0.3) is 5.91 Å². The lowest BCUT2D eigenvalue weighted by Gasteiger charge is -2.29. The van der Waals surface area contributed by atoms with E-state index in [0.29, 0.717) is 6.61 Å². The maximum atomic E-state index is 12.8. The molecule has 4 nitrogen and oxygen atoms in total. The highest BCUT2D eigenvalue weighted by atomic mass is 16.5. The van der Waals surface area contributed by atoms with Crippen LogP contribution in [0.4, 0.5) is 5.69 Å². The summed E-state index contributed by atoms with van der Waals surface area (Å²) < 4.78 is 11.3. The van der Waals surface area contributed by atoms with E-state index in [0.717, 1.165) is 48.2 Å². The number of unbranched alkanes of at least 4 members (excludes halogenated alkanes) is 1. The highest BCUT2D eigenvalue weighted by molar-refractivity contribution is 5.97. The average Bonchev–Trinajstić information content (AvgIpc) is 2.50. The van der Waals surface area contributed by atoms with Gasteiger partial charge in [-0.2, -0.15) is 0 Å². The summed E-state index contributed by atoms with van der Waals surface area (Å²) >= 11 is 0. The summed E-state index contributed by atoms with van der Waals surface area (Å²) in [5, 5.41) is 3.01. The van der Waals surface area contributed by atoms with E-state index in [9.17, 15) is 4.79 Å². The number of methoxy groups -OCH3 is 1. The Labute approximate surface area is 140 Å². The predicted octanol–water partition coefficient (Wildman–Crippen LogP) is 4.63. The lowest BCUT2D eigenvalue weighted by molar-refractivity contribution is -0.140. The van der Waals surface area contributed by atoms with Gasteiger partial charge < -0.3 is 14.8 Å². The third-order valence-corrected chi connectivity index (χ3v) is 4.03. The van der Waals surface area contributed by atoms with E-state index in [1.165, 1.54) is 0 Å². The fourth-order valence-corrected chi connectivity index (χ4v) is 2.70. The quantitative estimate of drug-likeness (QED) is 0.721. The van der Waals surface area contributed by atoms with Gasteiger partial charge in [-0.25, -0.2) is 0 Å². The van der Waals surface area contributed by atoms with Crippen molar-refractivity contribution < 1.29 is 14.3 Å². The minimum atomic E-state index is -0.784. The minimum absolute atomic E-state index is 0.0802. The molecule has 0 saturated heterocycles. The van der Waals surface area contributed by atoms with Gasteiger partial charge in [0.2, 0.25) is 0 Å². The molecule has 0 fully saturated rings. The molecule has 130 valence electrons. The van der Waals surface area contributed by atoms with E-state index in [2.05, 4.69) is 12.2 Å². The molecule has 0 aliphatic heterocycles. The largest absolute Gasteiger partial charge is 0.496 e. The minimum Gasteiger partial charge on any atom is -0.496 e. The van der Waals surface area contributed by atoms with Crippen LogP contribution in [0.5, 0.6) is 5.75 Å². The number of hydrogen-bond donors (Lipinski definition) is 1. The molecular formula is C19H31NO3. The van der Waals surface area contributed by atoms with Gasteiger partial charge in [-0.1, -0.05) is 26.7 Å². The molecule has 1 amide bonds. The van der Waals surface area contributed by atoms with Crippen LogP contribution in [-0.2, 0) is 9.53 Å². The molecule has 0 bridgehead atoms. The smallest absolute Gasteiger partial charge is 0.256 e. The highest BCUT2D eigenvalue weighted by Gasteiger charge is 2.33. The summed E-state index contributed by atoms with van der Waals surface area (Å²) in [6.07, 6.45) is 3.63. The van der Waals surface area contributed by atoms with Gasteiger partial charge in [-0.05, 0) is 56.9 Å². The molecule has 1 aromatic rings. The zero-order valence-corrected chi connectivity index (χ0v) is 15.4. The molecule has 0 saturated carbocycles.